The van der Waals surface area contributed by atoms with Gasteiger partial charge in [0.15, 0.2) is 23.0 Å². The van der Waals surface area contributed by atoms with Crippen molar-refractivity contribution in [3.05, 3.63) is 71.7 Å². The summed E-state index contributed by atoms with van der Waals surface area (Å²) in [7, 11) is 1.27. The molecule has 226 valence electrons. The minimum atomic E-state index is -1.08. The summed E-state index contributed by atoms with van der Waals surface area (Å²) >= 11 is 0. The van der Waals surface area contributed by atoms with Crippen LogP contribution in [0.2, 0.25) is 0 Å². The second-order valence-electron chi connectivity index (χ2n) is 11.4. The van der Waals surface area contributed by atoms with E-state index in [0.29, 0.717) is 47.7 Å². The highest BCUT2D eigenvalue weighted by Gasteiger charge is 2.33. The summed E-state index contributed by atoms with van der Waals surface area (Å²) in [6, 6.07) is 8.10. The zero-order valence-corrected chi connectivity index (χ0v) is 24.6. The number of imidazole rings is 1. The van der Waals surface area contributed by atoms with Gasteiger partial charge in [-0.3, -0.25) is 9.20 Å². The number of methoxy groups -OCH3 is 1. The molecular weight excluding hydrogens is 558 g/mol. The molecule has 0 unspecified atom stereocenters. The first-order valence-corrected chi connectivity index (χ1v) is 14.0. The lowest BCUT2D eigenvalue weighted by Gasteiger charge is -2.36. The van der Waals surface area contributed by atoms with E-state index in [1.165, 1.54) is 31.6 Å². The summed E-state index contributed by atoms with van der Waals surface area (Å²) < 4.78 is 41.0. The number of fused-ring (bicyclic) bond motifs is 1. The van der Waals surface area contributed by atoms with Gasteiger partial charge in [0.05, 0.1) is 19.0 Å². The molecule has 0 aliphatic heterocycles. The molecule has 5 rings (SSSR count). The third kappa shape index (κ3) is 6.37. The number of amides is 2. The van der Waals surface area contributed by atoms with Crippen LogP contribution in [0.1, 0.15) is 56.5 Å². The second-order valence-corrected chi connectivity index (χ2v) is 11.4. The van der Waals surface area contributed by atoms with E-state index in [-0.39, 0.29) is 29.3 Å². The lowest BCUT2D eigenvalue weighted by Crippen LogP contribution is -2.54. The van der Waals surface area contributed by atoms with Crippen LogP contribution in [-0.2, 0) is 11.2 Å². The van der Waals surface area contributed by atoms with Crippen molar-refractivity contribution in [2.45, 2.75) is 64.6 Å². The molecule has 1 aliphatic carbocycles. The Bertz CT molecular complexity index is 1680. The first kappa shape index (κ1) is 29.7. The van der Waals surface area contributed by atoms with Crippen molar-refractivity contribution < 1.29 is 27.8 Å². The van der Waals surface area contributed by atoms with E-state index >= 15 is 0 Å². The van der Waals surface area contributed by atoms with Gasteiger partial charge in [0.1, 0.15) is 5.60 Å². The van der Waals surface area contributed by atoms with Crippen LogP contribution in [0.5, 0.6) is 5.75 Å². The van der Waals surface area contributed by atoms with Gasteiger partial charge in [-0.1, -0.05) is 6.92 Å². The summed E-state index contributed by atoms with van der Waals surface area (Å²) in [4.78, 5) is 33.9. The van der Waals surface area contributed by atoms with E-state index in [0.717, 1.165) is 5.56 Å². The normalized spacial score (nSPS) is 16.3. The molecule has 1 fully saturated rings. The van der Waals surface area contributed by atoms with Crippen LogP contribution in [0.4, 0.5) is 25.1 Å². The quantitative estimate of drug-likeness (QED) is 0.238. The third-order valence-electron chi connectivity index (χ3n) is 7.16. The van der Waals surface area contributed by atoms with E-state index in [1.54, 1.807) is 22.7 Å². The first-order chi connectivity index (χ1) is 20.5. The fourth-order valence-electron chi connectivity index (χ4n) is 5.01. The van der Waals surface area contributed by atoms with Gasteiger partial charge < -0.3 is 25.4 Å². The fourth-order valence-corrected chi connectivity index (χ4v) is 5.01. The molecule has 3 N–H and O–H groups in total. The molecule has 12 heteroatoms. The topological polar surface area (TPSA) is 119 Å². The highest BCUT2D eigenvalue weighted by atomic mass is 19.2. The van der Waals surface area contributed by atoms with E-state index < -0.39 is 23.3 Å². The van der Waals surface area contributed by atoms with Gasteiger partial charge in [-0.15, -0.1) is 0 Å². The number of nitrogens with one attached hydrogen (secondary N) is 3. The molecule has 1 saturated carbocycles. The number of alkyl carbamates (subject to hydrolysis) is 1. The van der Waals surface area contributed by atoms with E-state index in [1.807, 2.05) is 33.8 Å². The van der Waals surface area contributed by atoms with Gasteiger partial charge in [0, 0.05) is 41.3 Å². The highest BCUT2D eigenvalue weighted by molar-refractivity contribution is 5.96. The Kier molecular flexibility index (Phi) is 8.21. The number of ether oxygens (including phenoxy) is 2. The summed E-state index contributed by atoms with van der Waals surface area (Å²) in [5, 5.41) is 9.11. The molecule has 0 atom stereocenters. The molecule has 4 aromatic rings. The number of aryl methyl sites for hydroxylation is 1. The molecule has 2 heterocycles. The first-order valence-electron chi connectivity index (χ1n) is 14.0. The maximum Gasteiger partial charge on any atom is 0.407 e. The lowest BCUT2D eigenvalue weighted by molar-refractivity contribution is 0.0465. The molecular formula is C31H34F2N6O4. The standard InChI is InChI=1S/C31H34F2N6O4/c1-6-17-13-18(7-8-21(17)29(40)37-19-14-20(15-19)38-30(41)43-31(2,3)4)36-27-28-35-16-23(39(28)12-11-34-27)22-9-10-24(42-5)26(33)25(22)32/h7-13,16,19-20H,6,14-15H2,1-5H3,(H,34,36)(H,37,40)(H,38,41). The summed E-state index contributed by atoms with van der Waals surface area (Å²) in [6.45, 7) is 7.38. The van der Waals surface area contributed by atoms with Crippen LogP contribution in [0.15, 0.2) is 48.9 Å². The van der Waals surface area contributed by atoms with Crippen LogP contribution in [0.25, 0.3) is 16.9 Å². The molecule has 43 heavy (non-hydrogen) atoms. The average molecular weight is 593 g/mol. The number of hydrogen-bond donors (Lipinski definition) is 3. The SMILES string of the molecule is CCc1cc(Nc2nccn3c(-c4ccc(OC)c(F)c4F)cnc23)ccc1C(=O)NC1CC(NC(=O)OC(C)(C)C)C1. The monoisotopic (exact) mass is 592 g/mol. The minimum absolute atomic E-state index is 0.0324. The predicted octanol–water partition coefficient (Wildman–Crippen LogP) is 5.77. The van der Waals surface area contributed by atoms with E-state index in [9.17, 15) is 18.4 Å². The smallest absolute Gasteiger partial charge is 0.407 e. The number of benzene rings is 2. The summed E-state index contributed by atoms with van der Waals surface area (Å²) in [5.74, 6) is -2.08. The summed E-state index contributed by atoms with van der Waals surface area (Å²) in [6.07, 6.45) is 6.00. The fraction of sp³-hybridized carbons (Fsp3) is 0.355. The maximum atomic E-state index is 14.8. The van der Waals surface area contributed by atoms with Crippen LogP contribution in [-0.4, -0.2) is 51.2 Å². The van der Waals surface area contributed by atoms with Crippen LogP contribution < -0.4 is 20.7 Å². The predicted molar refractivity (Wildman–Crippen MR) is 158 cm³/mol. The minimum Gasteiger partial charge on any atom is -0.494 e. The van der Waals surface area contributed by atoms with Gasteiger partial charge in [0.2, 0.25) is 5.82 Å². The van der Waals surface area contributed by atoms with Crippen molar-refractivity contribution >= 4 is 29.2 Å². The van der Waals surface area contributed by atoms with Crippen molar-refractivity contribution in [2.75, 3.05) is 12.4 Å². The van der Waals surface area contributed by atoms with Gasteiger partial charge in [0.25, 0.3) is 5.91 Å². The number of carbonyl (C=O) groups excluding carboxylic acids is 2. The van der Waals surface area contributed by atoms with Crippen molar-refractivity contribution in [2.24, 2.45) is 0 Å². The third-order valence-corrected chi connectivity index (χ3v) is 7.16. The largest absolute Gasteiger partial charge is 0.494 e. The molecule has 0 bridgehead atoms. The highest BCUT2D eigenvalue weighted by Crippen LogP contribution is 2.32. The average Bonchev–Trinajstić information content (AvgIpc) is 3.37. The zero-order chi connectivity index (χ0) is 30.9. The lowest BCUT2D eigenvalue weighted by atomic mass is 9.86. The van der Waals surface area contributed by atoms with Gasteiger partial charge >= 0.3 is 6.09 Å². The number of anilines is 2. The molecule has 0 saturated heterocycles. The Balaban J connectivity index is 1.27. The van der Waals surface area contributed by atoms with E-state index in [2.05, 4.69) is 25.9 Å². The molecule has 1 aliphatic rings. The van der Waals surface area contributed by atoms with Crippen LogP contribution >= 0.6 is 0 Å². The molecule has 2 aromatic carbocycles. The van der Waals surface area contributed by atoms with Crippen LogP contribution in [0.3, 0.4) is 0 Å². The van der Waals surface area contributed by atoms with Crippen molar-refractivity contribution in [1.29, 1.82) is 0 Å². The van der Waals surface area contributed by atoms with E-state index in [4.69, 9.17) is 9.47 Å². The number of carbonyl (C=O) groups is 2. The Morgan fingerprint density at radius 1 is 1.05 bits per heavy atom. The second kappa shape index (κ2) is 11.9. The van der Waals surface area contributed by atoms with Crippen molar-refractivity contribution in [1.82, 2.24) is 25.0 Å². The summed E-state index contributed by atoms with van der Waals surface area (Å²) in [5.41, 5.74) is 2.30. The molecule has 0 radical (unpaired) electrons. The van der Waals surface area contributed by atoms with Gasteiger partial charge in [-0.2, -0.15) is 4.39 Å². The van der Waals surface area contributed by atoms with Gasteiger partial charge in [-0.25, -0.2) is 19.2 Å². The Morgan fingerprint density at radius 2 is 1.79 bits per heavy atom. The van der Waals surface area contributed by atoms with Crippen LogP contribution in [0, 0.1) is 11.6 Å². The maximum absolute atomic E-state index is 14.8. The van der Waals surface area contributed by atoms with Gasteiger partial charge in [-0.05, 0) is 75.9 Å². The zero-order valence-electron chi connectivity index (χ0n) is 24.6. The Morgan fingerprint density at radius 3 is 2.49 bits per heavy atom. The number of halogens is 2. The molecule has 10 nitrogen and oxygen atoms in total. The van der Waals surface area contributed by atoms with Crippen molar-refractivity contribution in [3.63, 3.8) is 0 Å². The molecule has 2 aromatic heterocycles. The Labute approximate surface area is 247 Å². The van der Waals surface area contributed by atoms with Crippen molar-refractivity contribution in [3.8, 4) is 17.0 Å². The number of nitrogens with zero attached hydrogens (tertiary/aromatic N) is 3. The molecule has 0 spiro atoms. The Hall–Kier alpha value is -4.74. The number of hydrogen-bond acceptors (Lipinski definition) is 7. The molecule has 2 amide bonds. The number of aromatic nitrogens is 3. The number of rotatable bonds is 8.